The van der Waals surface area contributed by atoms with Gasteiger partial charge in [0.05, 0.1) is 16.3 Å². The van der Waals surface area contributed by atoms with Crippen LogP contribution in [0.25, 0.3) is 10.2 Å². The molecule has 0 bridgehead atoms. The van der Waals surface area contributed by atoms with E-state index in [1.54, 1.807) is 37.3 Å². The van der Waals surface area contributed by atoms with Gasteiger partial charge in [-0.2, -0.15) is 0 Å². The highest BCUT2D eigenvalue weighted by molar-refractivity contribution is 7.22. The van der Waals surface area contributed by atoms with E-state index in [9.17, 15) is 4.79 Å². The molecule has 2 aromatic carbocycles. The summed E-state index contributed by atoms with van der Waals surface area (Å²) in [6.45, 7) is 3.98. The highest BCUT2D eigenvalue weighted by Gasteiger charge is 2.18. The second kappa shape index (κ2) is 8.21. The summed E-state index contributed by atoms with van der Waals surface area (Å²) < 4.78 is 12.1. The van der Waals surface area contributed by atoms with Crippen LogP contribution in [0.3, 0.4) is 0 Å². The average Bonchev–Trinajstić information content (AvgIpc) is 2.98. The topological polar surface area (TPSA) is 86.5 Å². The molecule has 6 nitrogen and oxygen atoms in total. The molecule has 3 N–H and O–H groups in total. The Morgan fingerprint density at radius 3 is 2.78 bits per heavy atom. The van der Waals surface area contributed by atoms with E-state index in [1.807, 2.05) is 6.92 Å². The largest absolute Gasteiger partial charge is 0.491 e. The van der Waals surface area contributed by atoms with Crippen LogP contribution in [-0.2, 0) is 4.79 Å². The number of benzene rings is 2. The molecule has 9 heteroatoms. The third kappa shape index (κ3) is 4.55. The second-order valence-electron chi connectivity index (χ2n) is 5.63. The number of halogens is 2. The van der Waals surface area contributed by atoms with E-state index in [0.717, 1.165) is 4.70 Å². The van der Waals surface area contributed by atoms with Crippen molar-refractivity contribution < 1.29 is 14.3 Å². The number of nitrogen functional groups attached to an aromatic ring is 1. The minimum Gasteiger partial charge on any atom is -0.491 e. The van der Waals surface area contributed by atoms with Crippen molar-refractivity contribution in [3.8, 4) is 11.5 Å². The SMILES string of the molecule is CCOc1cc(NC(=O)[C@H](C)Oc2ccc(Cl)cc2Cl)cc2sc(N)nc12. The average molecular weight is 426 g/mol. The Morgan fingerprint density at radius 2 is 2.07 bits per heavy atom. The van der Waals surface area contributed by atoms with E-state index < -0.39 is 6.10 Å². The molecule has 3 rings (SSSR count). The summed E-state index contributed by atoms with van der Waals surface area (Å²) >= 11 is 13.3. The van der Waals surface area contributed by atoms with Crippen molar-refractivity contribution in [1.82, 2.24) is 4.98 Å². The Kier molecular flexibility index (Phi) is 5.94. The second-order valence-corrected chi connectivity index (χ2v) is 7.54. The zero-order valence-corrected chi connectivity index (χ0v) is 16.9. The minimum absolute atomic E-state index is 0.333. The maximum absolute atomic E-state index is 12.5. The van der Waals surface area contributed by atoms with Crippen molar-refractivity contribution in [1.29, 1.82) is 0 Å². The number of nitrogens with zero attached hydrogens (tertiary/aromatic N) is 1. The number of amides is 1. The molecule has 27 heavy (non-hydrogen) atoms. The van der Waals surface area contributed by atoms with E-state index in [2.05, 4.69) is 10.3 Å². The van der Waals surface area contributed by atoms with Crippen molar-refractivity contribution in [2.45, 2.75) is 20.0 Å². The van der Waals surface area contributed by atoms with Crippen LogP contribution in [0.4, 0.5) is 10.8 Å². The van der Waals surface area contributed by atoms with Gasteiger partial charge >= 0.3 is 0 Å². The maximum Gasteiger partial charge on any atom is 0.265 e. The number of nitrogens with two attached hydrogens (primary N) is 1. The first-order chi connectivity index (χ1) is 12.9. The molecule has 0 radical (unpaired) electrons. The van der Waals surface area contributed by atoms with Crippen molar-refractivity contribution in [3.63, 3.8) is 0 Å². The summed E-state index contributed by atoms with van der Waals surface area (Å²) in [6.07, 6.45) is -0.776. The molecule has 1 amide bonds. The molecule has 0 aliphatic heterocycles. The number of carbonyl (C=O) groups excluding carboxylic acids is 1. The third-order valence-electron chi connectivity index (χ3n) is 3.61. The highest BCUT2D eigenvalue weighted by Crippen LogP contribution is 2.35. The van der Waals surface area contributed by atoms with E-state index in [0.29, 0.717) is 44.5 Å². The quantitative estimate of drug-likeness (QED) is 0.580. The van der Waals surface area contributed by atoms with Gasteiger partial charge in [-0.15, -0.1) is 0 Å². The normalized spacial score (nSPS) is 12.0. The van der Waals surface area contributed by atoms with Gasteiger partial charge in [-0.05, 0) is 38.1 Å². The molecule has 1 aromatic heterocycles. The standard InChI is InChI=1S/C18H17Cl2N3O3S/c1-3-25-14-7-11(8-15-16(14)23-18(21)27-15)22-17(24)9(2)26-13-5-4-10(19)6-12(13)20/h4-9H,3H2,1-2H3,(H2,21,23)(H,22,24)/t9-/m0/s1. The molecule has 0 saturated heterocycles. The van der Waals surface area contributed by atoms with Gasteiger partial charge in [0.1, 0.15) is 17.0 Å². The zero-order valence-electron chi connectivity index (χ0n) is 14.6. The van der Waals surface area contributed by atoms with Crippen molar-refractivity contribution >= 4 is 61.5 Å². The monoisotopic (exact) mass is 425 g/mol. The molecule has 3 aromatic rings. The molecule has 0 saturated carbocycles. The molecule has 0 spiro atoms. The van der Waals surface area contributed by atoms with Gasteiger partial charge in [0.25, 0.3) is 5.91 Å². The van der Waals surface area contributed by atoms with Crippen molar-refractivity contribution in [2.75, 3.05) is 17.7 Å². The molecule has 0 unspecified atom stereocenters. The van der Waals surface area contributed by atoms with Gasteiger partial charge in [0.2, 0.25) is 0 Å². The van der Waals surface area contributed by atoms with Gasteiger partial charge in [0.15, 0.2) is 11.2 Å². The first-order valence-electron chi connectivity index (χ1n) is 8.12. The fourth-order valence-electron chi connectivity index (χ4n) is 2.41. The predicted octanol–water partition coefficient (Wildman–Crippen LogP) is 4.99. The van der Waals surface area contributed by atoms with Crippen LogP contribution in [0, 0.1) is 0 Å². The number of rotatable bonds is 6. The van der Waals surface area contributed by atoms with Gasteiger partial charge in [-0.25, -0.2) is 4.98 Å². The number of ether oxygens (including phenoxy) is 2. The maximum atomic E-state index is 12.5. The predicted molar refractivity (Wildman–Crippen MR) is 110 cm³/mol. The van der Waals surface area contributed by atoms with Crippen LogP contribution in [0.5, 0.6) is 11.5 Å². The van der Waals surface area contributed by atoms with Gasteiger partial charge in [-0.1, -0.05) is 34.5 Å². The lowest BCUT2D eigenvalue weighted by Gasteiger charge is -2.16. The molecule has 0 aliphatic carbocycles. The molecule has 0 aliphatic rings. The third-order valence-corrected chi connectivity index (χ3v) is 4.97. The lowest BCUT2D eigenvalue weighted by Crippen LogP contribution is -2.30. The smallest absolute Gasteiger partial charge is 0.265 e. The molecule has 1 atom stereocenters. The molecular formula is C18H17Cl2N3O3S. The summed E-state index contributed by atoms with van der Waals surface area (Å²) in [5.74, 6) is 0.609. The molecule has 142 valence electrons. The Morgan fingerprint density at radius 1 is 1.30 bits per heavy atom. The Balaban J connectivity index is 1.78. The number of nitrogens with one attached hydrogen (secondary N) is 1. The molecule has 1 heterocycles. The zero-order chi connectivity index (χ0) is 19.6. The number of carbonyl (C=O) groups is 1. The summed E-state index contributed by atoms with van der Waals surface area (Å²) in [5.41, 5.74) is 7.03. The van der Waals surface area contributed by atoms with Crippen LogP contribution in [0.2, 0.25) is 10.0 Å². The number of fused-ring (bicyclic) bond motifs is 1. The summed E-state index contributed by atoms with van der Waals surface area (Å²) in [7, 11) is 0. The summed E-state index contributed by atoms with van der Waals surface area (Å²) in [5, 5.41) is 4.08. The van der Waals surface area contributed by atoms with Crippen LogP contribution in [0.15, 0.2) is 30.3 Å². The Labute approximate surface area is 170 Å². The van der Waals surface area contributed by atoms with E-state index in [-0.39, 0.29) is 5.91 Å². The Bertz CT molecular complexity index is 993. The molecule has 0 fully saturated rings. The number of thiazole rings is 1. The van der Waals surface area contributed by atoms with E-state index in [1.165, 1.54) is 11.3 Å². The fourth-order valence-corrected chi connectivity index (χ4v) is 3.66. The van der Waals surface area contributed by atoms with Gasteiger partial charge in [-0.3, -0.25) is 4.79 Å². The van der Waals surface area contributed by atoms with E-state index in [4.69, 9.17) is 38.4 Å². The fraction of sp³-hybridized carbons (Fsp3) is 0.222. The number of anilines is 2. The first-order valence-corrected chi connectivity index (χ1v) is 9.70. The van der Waals surface area contributed by atoms with Crippen LogP contribution in [-0.4, -0.2) is 23.6 Å². The lowest BCUT2D eigenvalue weighted by molar-refractivity contribution is -0.122. The van der Waals surface area contributed by atoms with E-state index >= 15 is 0 Å². The lowest BCUT2D eigenvalue weighted by atomic mass is 10.2. The minimum atomic E-state index is -0.776. The van der Waals surface area contributed by atoms with Crippen LogP contribution < -0.4 is 20.5 Å². The number of hydrogen-bond acceptors (Lipinski definition) is 6. The van der Waals surface area contributed by atoms with Crippen molar-refractivity contribution in [2.24, 2.45) is 0 Å². The highest BCUT2D eigenvalue weighted by atomic mass is 35.5. The molecular weight excluding hydrogens is 409 g/mol. The first kappa shape index (κ1) is 19.5. The number of aromatic nitrogens is 1. The summed E-state index contributed by atoms with van der Waals surface area (Å²) in [6, 6.07) is 8.33. The Hall–Kier alpha value is -2.22. The van der Waals surface area contributed by atoms with Crippen LogP contribution in [0.1, 0.15) is 13.8 Å². The van der Waals surface area contributed by atoms with Gasteiger partial charge in [0, 0.05) is 16.8 Å². The van der Waals surface area contributed by atoms with Crippen LogP contribution >= 0.6 is 34.5 Å². The van der Waals surface area contributed by atoms with Gasteiger partial charge < -0.3 is 20.5 Å². The van der Waals surface area contributed by atoms with Crippen molar-refractivity contribution in [3.05, 3.63) is 40.4 Å². The summed E-state index contributed by atoms with van der Waals surface area (Å²) in [4.78, 5) is 16.8. The number of hydrogen-bond donors (Lipinski definition) is 2.